The maximum absolute atomic E-state index is 12.3. The van der Waals surface area contributed by atoms with E-state index in [1.165, 1.54) is 0 Å². The van der Waals surface area contributed by atoms with Crippen LogP contribution < -0.4 is 5.32 Å². The fraction of sp³-hybridized carbons (Fsp3) is 0.867. The monoisotopic (exact) mass is 298 g/mol. The molecule has 0 aromatic rings. The molecule has 4 unspecified atom stereocenters. The fourth-order valence-corrected chi connectivity index (χ4v) is 3.28. The standard InChI is InChI=1S/C15H26N2O4/c1-10-9-21-11(2)8-17(10)15(20)16-7-12-5-3-4-6-13(12)14(18)19/h10-13H,3-9H2,1-2H3,(H,16,20)(H,18,19). The average molecular weight is 298 g/mol. The maximum Gasteiger partial charge on any atom is 0.317 e. The molecule has 2 N–H and O–H groups in total. The van der Waals surface area contributed by atoms with E-state index in [0.717, 1.165) is 25.7 Å². The number of hydrogen-bond donors (Lipinski definition) is 2. The van der Waals surface area contributed by atoms with E-state index in [0.29, 0.717) is 19.7 Å². The lowest BCUT2D eigenvalue weighted by molar-refractivity contribution is -0.144. The third-order valence-electron chi connectivity index (χ3n) is 4.61. The van der Waals surface area contributed by atoms with Crippen LogP contribution >= 0.6 is 0 Å². The molecular formula is C15H26N2O4. The molecular weight excluding hydrogens is 272 g/mol. The molecule has 1 aliphatic heterocycles. The molecule has 6 nitrogen and oxygen atoms in total. The first-order valence-corrected chi connectivity index (χ1v) is 7.88. The lowest BCUT2D eigenvalue weighted by Gasteiger charge is -2.37. The molecule has 0 radical (unpaired) electrons. The molecule has 6 heteroatoms. The van der Waals surface area contributed by atoms with E-state index in [9.17, 15) is 14.7 Å². The average Bonchev–Trinajstić information content (AvgIpc) is 2.47. The van der Waals surface area contributed by atoms with Crippen LogP contribution in [0.1, 0.15) is 39.5 Å². The number of carboxylic acid groups (broad SMARTS) is 1. The molecule has 2 rings (SSSR count). The van der Waals surface area contributed by atoms with Gasteiger partial charge in [0.25, 0.3) is 0 Å². The molecule has 4 atom stereocenters. The van der Waals surface area contributed by atoms with Crippen LogP contribution in [0.3, 0.4) is 0 Å². The summed E-state index contributed by atoms with van der Waals surface area (Å²) in [5, 5.41) is 12.2. The molecule has 1 saturated heterocycles. The van der Waals surface area contributed by atoms with Gasteiger partial charge in [0.1, 0.15) is 0 Å². The first-order chi connectivity index (χ1) is 9.99. The van der Waals surface area contributed by atoms with Gasteiger partial charge in [-0.1, -0.05) is 12.8 Å². The third kappa shape index (κ3) is 4.09. The van der Waals surface area contributed by atoms with Gasteiger partial charge >= 0.3 is 12.0 Å². The van der Waals surface area contributed by atoms with Gasteiger partial charge in [-0.2, -0.15) is 0 Å². The number of carbonyl (C=O) groups is 2. The Hall–Kier alpha value is -1.30. The van der Waals surface area contributed by atoms with E-state index >= 15 is 0 Å². The van der Waals surface area contributed by atoms with Crippen LogP contribution in [-0.4, -0.2) is 53.8 Å². The number of amides is 2. The normalized spacial score (nSPS) is 33.5. The molecule has 0 aromatic heterocycles. The first kappa shape index (κ1) is 16.1. The molecule has 2 amide bonds. The molecule has 0 spiro atoms. The van der Waals surface area contributed by atoms with E-state index < -0.39 is 5.97 Å². The van der Waals surface area contributed by atoms with Gasteiger partial charge in [0, 0.05) is 13.1 Å². The van der Waals surface area contributed by atoms with E-state index in [-0.39, 0.29) is 30.0 Å². The zero-order chi connectivity index (χ0) is 15.4. The predicted octanol–water partition coefficient (Wildman–Crippen LogP) is 1.70. The number of hydrogen-bond acceptors (Lipinski definition) is 3. The third-order valence-corrected chi connectivity index (χ3v) is 4.61. The van der Waals surface area contributed by atoms with Crippen molar-refractivity contribution < 1.29 is 19.4 Å². The Labute approximate surface area is 125 Å². The number of urea groups is 1. The lowest BCUT2D eigenvalue weighted by atomic mass is 9.79. The van der Waals surface area contributed by atoms with Gasteiger partial charge in [-0.3, -0.25) is 4.79 Å². The molecule has 120 valence electrons. The number of morpholine rings is 1. The zero-order valence-corrected chi connectivity index (χ0v) is 12.9. The molecule has 0 bridgehead atoms. The van der Waals surface area contributed by atoms with E-state index in [1.54, 1.807) is 4.90 Å². The molecule has 1 saturated carbocycles. The van der Waals surface area contributed by atoms with Crippen molar-refractivity contribution in [1.82, 2.24) is 10.2 Å². The van der Waals surface area contributed by atoms with Crippen LogP contribution in [0.15, 0.2) is 0 Å². The molecule has 2 fully saturated rings. The van der Waals surface area contributed by atoms with Crippen LogP contribution in [0.4, 0.5) is 4.79 Å². The smallest absolute Gasteiger partial charge is 0.317 e. The van der Waals surface area contributed by atoms with Crippen LogP contribution in [0.2, 0.25) is 0 Å². The summed E-state index contributed by atoms with van der Waals surface area (Å²) in [6.07, 6.45) is 3.68. The van der Waals surface area contributed by atoms with Crippen molar-refractivity contribution in [2.24, 2.45) is 11.8 Å². The second-order valence-electron chi connectivity index (χ2n) is 6.32. The zero-order valence-electron chi connectivity index (χ0n) is 12.9. The highest BCUT2D eigenvalue weighted by Crippen LogP contribution is 2.29. The van der Waals surface area contributed by atoms with Crippen molar-refractivity contribution in [2.75, 3.05) is 19.7 Å². The first-order valence-electron chi connectivity index (χ1n) is 7.88. The van der Waals surface area contributed by atoms with Crippen LogP contribution in [0.25, 0.3) is 0 Å². The van der Waals surface area contributed by atoms with Gasteiger partial charge in [-0.15, -0.1) is 0 Å². The van der Waals surface area contributed by atoms with Crippen molar-refractivity contribution in [3.05, 3.63) is 0 Å². The highest BCUT2D eigenvalue weighted by atomic mass is 16.5. The van der Waals surface area contributed by atoms with Gasteiger partial charge in [-0.05, 0) is 32.6 Å². The Morgan fingerprint density at radius 1 is 1.29 bits per heavy atom. The van der Waals surface area contributed by atoms with Gasteiger partial charge in [0.2, 0.25) is 0 Å². The van der Waals surface area contributed by atoms with E-state index in [4.69, 9.17) is 4.74 Å². The van der Waals surface area contributed by atoms with Crippen molar-refractivity contribution in [2.45, 2.75) is 51.7 Å². The molecule has 21 heavy (non-hydrogen) atoms. The largest absolute Gasteiger partial charge is 0.481 e. The molecule has 1 heterocycles. The summed E-state index contributed by atoms with van der Waals surface area (Å²) < 4.78 is 5.51. The number of nitrogens with zero attached hydrogens (tertiary/aromatic N) is 1. The summed E-state index contributed by atoms with van der Waals surface area (Å²) in [6, 6.07) is -0.0461. The number of ether oxygens (including phenoxy) is 1. The van der Waals surface area contributed by atoms with Gasteiger partial charge < -0.3 is 20.1 Å². The van der Waals surface area contributed by atoms with Crippen molar-refractivity contribution in [1.29, 1.82) is 0 Å². The second kappa shape index (κ2) is 7.11. The fourth-order valence-electron chi connectivity index (χ4n) is 3.28. The quantitative estimate of drug-likeness (QED) is 0.831. The number of nitrogens with one attached hydrogen (secondary N) is 1. The highest BCUT2D eigenvalue weighted by Gasteiger charge is 2.32. The summed E-state index contributed by atoms with van der Waals surface area (Å²) >= 11 is 0. The molecule has 2 aliphatic rings. The number of carboxylic acids is 1. The van der Waals surface area contributed by atoms with Gasteiger partial charge in [0.05, 0.1) is 24.7 Å². The topological polar surface area (TPSA) is 78.9 Å². The minimum Gasteiger partial charge on any atom is -0.481 e. The summed E-state index contributed by atoms with van der Waals surface area (Å²) in [7, 11) is 0. The Morgan fingerprint density at radius 2 is 2.00 bits per heavy atom. The van der Waals surface area contributed by atoms with E-state index in [2.05, 4.69) is 5.32 Å². The number of rotatable bonds is 3. The summed E-state index contributed by atoms with van der Waals surface area (Å²) in [5.41, 5.74) is 0. The van der Waals surface area contributed by atoms with E-state index in [1.807, 2.05) is 13.8 Å². The van der Waals surface area contributed by atoms with Crippen LogP contribution in [0.5, 0.6) is 0 Å². The summed E-state index contributed by atoms with van der Waals surface area (Å²) in [6.45, 7) is 5.50. The number of aliphatic carboxylic acids is 1. The van der Waals surface area contributed by atoms with Crippen molar-refractivity contribution in [3.8, 4) is 0 Å². The van der Waals surface area contributed by atoms with Crippen molar-refractivity contribution >= 4 is 12.0 Å². The minimum atomic E-state index is -0.734. The number of carbonyl (C=O) groups excluding carboxylic acids is 1. The Bertz CT molecular complexity index is 388. The Balaban J connectivity index is 1.86. The highest BCUT2D eigenvalue weighted by molar-refractivity contribution is 5.75. The minimum absolute atomic E-state index is 0.0494. The van der Waals surface area contributed by atoms with Crippen LogP contribution in [-0.2, 0) is 9.53 Å². The Kier molecular flexibility index (Phi) is 5.45. The second-order valence-corrected chi connectivity index (χ2v) is 6.32. The maximum atomic E-state index is 12.3. The lowest BCUT2D eigenvalue weighted by Crippen LogP contribution is -2.54. The summed E-state index contributed by atoms with van der Waals surface area (Å²) in [5.74, 6) is -1.00. The Morgan fingerprint density at radius 3 is 2.71 bits per heavy atom. The van der Waals surface area contributed by atoms with Gasteiger partial charge in [0.15, 0.2) is 0 Å². The van der Waals surface area contributed by atoms with Crippen LogP contribution in [0, 0.1) is 11.8 Å². The molecule has 1 aliphatic carbocycles. The van der Waals surface area contributed by atoms with Gasteiger partial charge in [-0.25, -0.2) is 4.79 Å². The molecule has 0 aromatic carbocycles. The predicted molar refractivity (Wildman–Crippen MR) is 78.1 cm³/mol. The SMILES string of the molecule is CC1CN(C(=O)NCC2CCCCC2C(=O)O)C(C)CO1. The van der Waals surface area contributed by atoms with Crippen molar-refractivity contribution in [3.63, 3.8) is 0 Å². The summed E-state index contributed by atoms with van der Waals surface area (Å²) in [4.78, 5) is 25.3.